The molecule has 3 aromatic heterocycles. The highest BCUT2D eigenvalue weighted by Crippen LogP contribution is 2.40. The minimum absolute atomic E-state index is 0.0450. The predicted octanol–water partition coefficient (Wildman–Crippen LogP) is 5.66. The van der Waals surface area contributed by atoms with Gasteiger partial charge in [0.1, 0.15) is 17.2 Å². The Labute approximate surface area is 200 Å². The number of benzene rings is 2. The molecule has 0 saturated heterocycles. The van der Waals surface area contributed by atoms with Crippen LogP contribution in [0.15, 0.2) is 84.1 Å². The maximum Gasteiger partial charge on any atom is 0.192 e. The summed E-state index contributed by atoms with van der Waals surface area (Å²) in [5, 5.41) is 0.389. The van der Waals surface area contributed by atoms with Crippen LogP contribution in [-0.4, -0.2) is 34.6 Å². The van der Waals surface area contributed by atoms with Gasteiger partial charge >= 0.3 is 0 Å². The lowest BCUT2D eigenvalue weighted by Gasteiger charge is -2.13. The quantitative estimate of drug-likeness (QED) is 0.326. The van der Waals surface area contributed by atoms with Crippen LogP contribution >= 0.6 is 11.6 Å². The van der Waals surface area contributed by atoms with Gasteiger partial charge in [0.05, 0.1) is 22.3 Å². The summed E-state index contributed by atoms with van der Waals surface area (Å²) in [7, 11) is -3.42. The van der Waals surface area contributed by atoms with Gasteiger partial charge < -0.3 is 14.5 Å². The Hall–Kier alpha value is -3.95. The second kappa shape index (κ2) is 8.77. The van der Waals surface area contributed by atoms with Crippen molar-refractivity contribution >= 4 is 32.5 Å². The minimum atomic E-state index is -3.42. The topological polar surface area (TPSA) is 107 Å². The molecule has 0 radical (unpaired) electrons. The largest absolute Gasteiger partial charge is 0.452 e. The first-order valence-corrected chi connectivity index (χ1v) is 12.4. The highest BCUT2D eigenvalue weighted by Gasteiger charge is 2.16. The molecule has 0 amide bonds. The molecule has 0 unspecified atom stereocenters. The molecule has 0 saturated carbocycles. The third kappa shape index (κ3) is 4.57. The van der Waals surface area contributed by atoms with Gasteiger partial charge in [0.15, 0.2) is 32.2 Å². The molecular formula is C24H17ClN4O4S. The molecule has 0 aliphatic heterocycles. The molecule has 2 aromatic carbocycles. The molecule has 0 aliphatic carbocycles. The van der Waals surface area contributed by atoms with Crippen LogP contribution in [0.2, 0.25) is 5.02 Å². The lowest BCUT2D eigenvalue weighted by molar-refractivity contribution is 0.418. The summed E-state index contributed by atoms with van der Waals surface area (Å²) >= 11 is 6.29. The monoisotopic (exact) mass is 492 g/mol. The number of sulfone groups is 1. The zero-order valence-electron chi connectivity index (χ0n) is 17.8. The maximum absolute atomic E-state index is 11.7. The number of halogens is 1. The van der Waals surface area contributed by atoms with Crippen molar-refractivity contribution in [2.45, 2.75) is 5.03 Å². The molecule has 3 heterocycles. The van der Waals surface area contributed by atoms with E-state index >= 15 is 0 Å². The number of nitrogens with one attached hydrogen (secondary N) is 1. The number of hydrogen-bond acceptors (Lipinski definition) is 7. The van der Waals surface area contributed by atoms with E-state index in [1.165, 1.54) is 18.3 Å². The highest BCUT2D eigenvalue weighted by molar-refractivity contribution is 7.90. The fourth-order valence-electron chi connectivity index (χ4n) is 3.22. The Morgan fingerprint density at radius 3 is 2.38 bits per heavy atom. The van der Waals surface area contributed by atoms with Crippen LogP contribution in [0.4, 0.5) is 0 Å². The van der Waals surface area contributed by atoms with Gasteiger partial charge in [-0.3, -0.25) is 4.98 Å². The van der Waals surface area contributed by atoms with Crippen LogP contribution in [0.5, 0.6) is 23.0 Å². The molecule has 0 bridgehead atoms. The minimum Gasteiger partial charge on any atom is -0.452 e. The zero-order valence-corrected chi connectivity index (χ0v) is 19.3. The van der Waals surface area contributed by atoms with Crippen LogP contribution in [0.1, 0.15) is 0 Å². The fraction of sp³-hybridized carbons (Fsp3) is 0.0417. The first-order chi connectivity index (χ1) is 16.4. The van der Waals surface area contributed by atoms with Crippen molar-refractivity contribution in [2.24, 2.45) is 0 Å². The van der Waals surface area contributed by atoms with Crippen molar-refractivity contribution in [3.63, 3.8) is 0 Å². The van der Waals surface area contributed by atoms with Gasteiger partial charge in [-0.1, -0.05) is 29.8 Å². The SMILES string of the molecule is CS(=O)(=O)c1ccc(Oc2cc3[nH]c(-c4ccccn4)nc3cc2Oc2ccccc2Cl)cn1. The lowest BCUT2D eigenvalue weighted by atomic mass is 10.2. The lowest BCUT2D eigenvalue weighted by Crippen LogP contribution is -2.00. The number of fused-ring (bicyclic) bond motifs is 1. The highest BCUT2D eigenvalue weighted by atomic mass is 35.5. The average molecular weight is 493 g/mol. The van der Waals surface area contributed by atoms with Crippen molar-refractivity contribution in [1.82, 2.24) is 19.9 Å². The Balaban J connectivity index is 1.57. The van der Waals surface area contributed by atoms with Crippen LogP contribution < -0.4 is 9.47 Å². The van der Waals surface area contributed by atoms with Crippen LogP contribution in [0, 0.1) is 0 Å². The number of imidazole rings is 1. The number of H-pyrrole nitrogens is 1. The Kier molecular flexibility index (Phi) is 5.64. The van der Waals surface area contributed by atoms with E-state index in [0.717, 1.165) is 6.26 Å². The van der Waals surface area contributed by atoms with E-state index in [2.05, 4.69) is 19.9 Å². The van der Waals surface area contributed by atoms with Crippen molar-refractivity contribution in [3.8, 4) is 34.5 Å². The Bertz CT molecular complexity index is 1590. The smallest absolute Gasteiger partial charge is 0.192 e. The van der Waals surface area contributed by atoms with E-state index in [4.69, 9.17) is 21.1 Å². The summed E-state index contributed by atoms with van der Waals surface area (Å²) in [5.74, 6) is 2.10. The average Bonchev–Trinajstić information content (AvgIpc) is 3.24. The summed E-state index contributed by atoms with van der Waals surface area (Å²) < 4.78 is 35.5. The molecule has 0 aliphatic rings. The van der Waals surface area contributed by atoms with Gasteiger partial charge in [-0.15, -0.1) is 0 Å². The zero-order chi connectivity index (χ0) is 23.7. The van der Waals surface area contributed by atoms with Gasteiger partial charge in [-0.25, -0.2) is 18.4 Å². The molecule has 170 valence electrons. The molecule has 10 heteroatoms. The standard InChI is InChI=1S/C24H17ClN4O4S/c1-34(30,31)23-10-9-15(14-27-23)32-21-12-18-19(29-24(28-18)17-7-4-5-11-26-17)13-22(21)33-20-8-3-2-6-16(20)25/h2-14H,1H3,(H,28,29). The van der Waals surface area contributed by atoms with Crippen LogP contribution in [0.25, 0.3) is 22.6 Å². The maximum atomic E-state index is 11.7. The first-order valence-electron chi connectivity index (χ1n) is 10.1. The molecule has 5 aromatic rings. The number of ether oxygens (including phenoxy) is 2. The van der Waals surface area contributed by atoms with E-state index in [9.17, 15) is 8.42 Å². The molecule has 1 N–H and O–H groups in total. The number of pyridine rings is 2. The Morgan fingerprint density at radius 2 is 1.68 bits per heavy atom. The van der Waals surface area contributed by atoms with Gasteiger partial charge in [0, 0.05) is 24.6 Å². The normalized spacial score (nSPS) is 11.5. The molecule has 0 spiro atoms. The number of aromatic nitrogens is 4. The Morgan fingerprint density at radius 1 is 0.882 bits per heavy atom. The summed E-state index contributed by atoms with van der Waals surface area (Å²) in [4.78, 5) is 16.2. The molecule has 0 fully saturated rings. The second-order valence-corrected chi connectivity index (χ2v) is 9.73. The first kappa shape index (κ1) is 21.9. The molecule has 34 heavy (non-hydrogen) atoms. The predicted molar refractivity (Wildman–Crippen MR) is 128 cm³/mol. The van der Waals surface area contributed by atoms with Crippen molar-refractivity contribution < 1.29 is 17.9 Å². The summed E-state index contributed by atoms with van der Waals surface area (Å²) in [6.45, 7) is 0. The van der Waals surface area contributed by atoms with E-state index in [1.54, 1.807) is 36.5 Å². The molecular weight excluding hydrogens is 476 g/mol. The number of nitrogens with zero attached hydrogens (tertiary/aromatic N) is 3. The van der Waals surface area contributed by atoms with E-state index in [1.807, 2.05) is 24.3 Å². The van der Waals surface area contributed by atoms with E-state index in [0.29, 0.717) is 50.6 Å². The number of rotatable bonds is 6. The molecule has 5 rings (SSSR count). The number of hydrogen-bond donors (Lipinski definition) is 1. The molecule has 0 atom stereocenters. The third-order valence-electron chi connectivity index (χ3n) is 4.83. The van der Waals surface area contributed by atoms with Gasteiger partial charge in [-0.05, 0) is 36.4 Å². The van der Waals surface area contributed by atoms with Gasteiger partial charge in [0.25, 0.3) is 0 Å². The fourth-order valence-corrected chi connectivity index (χ4v) is 3.95. The van der Waals surface area contributed by atoms with Crippen LogP contribution in [0.3, 0.4) is 0 Å². The van der Waals surface area contributed by atoms with Crippen molar-refractivity contribution in [2.75, 3.05) is 6.26 Å². The van der Waals surface area contributed by atoms with Gasteiger partial charge in [-0.2, -0.15) is 0 Å². The van der Waals surface area contributed by atoms with E-state index in [-0.39, 0.29) is 5.03 Å². The van der Waals surface area contributed by atoms with Crippen molar-refractivity contribution in [3.05, 3.63) is 84.1 Å². The van der Waals surface area contributed by atoms with E-state index < -0.39 is 9.84 Å². The summed E-state index contributed by atoms with van der Waals surface area (Å²) in [5.41, 5.74) is 2.03. The summed E-state index contributed by atoms with van der Waals surface area (Å²) in [6, 6.07) is 19.0. The van der Waals surface area contributed by atoms with Crippen molar-refractivity contribution in [1.29, 1.82) is 0 Å². The number of para-hydroxylation sites is 1. The van der Waals surface area contributed by atoms with Crippen LogP contribution in [-0.2, 0) is 9.84 Å². The number of aromatic amines is 1. The molecule has 8 nitrogen and oxygen atoms in total. The summed E-state index contributed by atoms with van der Waals surface area (Å²) in [6.07, 6.45) is 4.12. The third-order valence-corrected chi connectivity index (χ3v) is 6.14. The van der Waals surface area contributed by atoms with Gasteiger partial charge in [0.2, 0.25) is 0 Å². The second-order valence-electron chi connectivity index (χ2n) is 7.36.